The average Bonchev–Trinajstić information content (AvgIpc) is 2.51. The largest absolute Gasteiger partial charge is 0.491 e. The van der Waals surface area contributed by atoms with Crippen LogP contribution in [0.3, 0.4) is 0 Å². The number of pyridine rings is 1. The van der Waals surface area contributed by atoms with Gasteiger partial charge in [0.25, 0.3) is 11.5 Å². The van der Waals surface area contributed by atoms with Crippen molar-refractivity contribution in [2.75, 3.05) is 0 Å². The number of rotatable bonds is 5. The Kier molecular flexibility index (Phi) is 5.67. The summed E-state index contributed by atoms with van der Waals surface area (Å²) in [7, 11) is 0. The Morgan fingerprint density at radius 1 is 1.20 bits per heavy atom. The van der Waals surface area contributed by atoms with E-state index in [4.69, 9.17) is 4.74 Å². The van der Waals surface area contributed by atoms with E-state index in [9.17, 15) is 9.59 Å². The predicted molar refractivity (Wildman–Crippen MR) is 99.1 cm³/mol. The molecule has 0 saturated heterocycles. The maximum atomic E-state index is 12.3. The minimum atomic E-state index is -0.392. The molecule has 0 radical (unpaired) electrons. The van der Waals surface area contributed by atoms with Crippen molar-refractivity contribution in [1.82, 2.24) is 10.3 Å². The van der Waals surface area contributed by atoms with E-state index in [1.165, 1.54) is 0 Å². The number of aromatic nitrogens is 1. The van der Waals surface area contributed by atoms with Gasteiger partial charge in [0.2, 0.25) is 0 Å². The van der Waals surface area contributed by atoms with Gasteiger partial charge in [-0.1, -0.05) is 32.9 Å². The normalized spacial score (nSPS) is 11.4. The van der Waals surface area contributed by atoms with Crippen LogP contribution in [0, 0.1) is 0 Å². The van der Waals surface area contributed by atoms with Crippen LogP contribution in [-0.2, 0) is 12.0 Å². The molecule has 5 nitrogen and oxygen atoms in total. The van der Waals surface area contributed by atoms with E-state index in [1.54, 1.807) is 12.1 Å². The molecule has 0 aliphatic heterocycles. The van der Waals surface area contributed by atoms with Crippen molar-refractivity contribution in [2.24, 2.45) is 0 Å². The van der Waals surface area contributed by atoms with Crippen molar-refractivity contribution in [2.45, 2.75) is 52.7 Å². The van der Waals surface area contributed by atoms with Gasteiger partial charge in [0.05, 0.1) is 6.10 Å². The van der Waals surface area contributed by atoms with E-state index in [1.807, 2.05) is 58.9 Å². The number of carbonyl (C=O) groups excluding carboxylic acids is 1. The van der Waals surface area contributed by atoms with Gasteiger partial charge in [-0.15, -0.1) is 0 Å². The summed E-state index contributed by atoms with van der Waals surface area (Å²) >= 11 is 0. The molecular weight excluding hydrogens is 316 g/mol. The van der Waals surface area contributed by atoms with Crippen molar-refractivity contribution in [3.05, 3.63) is 63.6 Å². The number of hydrogen-bond acceptors (Lipinski definition) is 3. The van der Waals surface area contributed by atoms with Crippen molar-refractivity contribution in [1.29, 1.82) is 0 Å². The highest BCUT2D eigenvalue weighted by atomic mass is 16.5. The maximum Gasteiger partial charge on any atom is 0.261 e. The second-order valence-electron chi connectivity index (χ2n) is 7.36. The lowest BCUT2D eigenvalue weighted by atomic mass is 9.91. The molecule has 0 bridgehead atoms. The molecule has 1 aromatic heterocycles. The van der Waals surface area contributed by atoms with Crippen LogP contribution in [0.1, 0.15) is 56.2 Å². The summed E-state index contributed by atoms with van der Waals surface area (Å²) in [4.78, 5) is 27.3. The Labute approximate surface area is 148 Å². The summed E-state index contributed by atoms with van der Waals surface area (Å²) < 4.78 is 5.64. The molecule has 0 aliphatic rings. The van der Waals surface area contributed by atoms with Crippen LogP contribution in [0.4, 0.5) is 0 Å². The third-order valence-electron chi connectivity index (χ3n) is 3.69. The molecule has 0 atom stereocenters. The fourth-order valence-corrected chi connectivity index (χ4v) is 2.37. The zero-order valence-electron chi connectivity index (χ0n) is 15.5. The minimum absolute atomic E-state index is 0.0877. The Morgan fingerprint density at radius 2 is 1.92 bits per heavy atom. The first kappa shape index (κ1) is 18.8. The zero-order valence-corrected chi connectivity index (χ0v) is 15.5. The van der Waals surface area contributed by atoms with E-state index in [0.29, 0.717) is 6.54 Å². The van der Waals surface area contributed by atoms with Gasteiger partial charge in [-0.3, -0.25) is 9.59 Å². The van der Waals surface area contributed by atoms with Gasteiger partial charge >= 0.3 is 0 Å². The highest BCUT2D eigenvalue weighted by Gasteiger charge is 2.17. The lowest BCUT2D eigenvalue weighted by molar-refractivity contribution is 0.0949. The summed E-state index contributed by atoms with van der Waals surface area (Å²) in [5, 5.41) is 2.78. The number of H-pyrrole nitrogens is 1. The van der Waals surface area contributed by atoms with Crippen LogP contribution in [0.2, 0.25) is 0 Å². The van der Waals surface area contributed by atoms with E-state index in [-0.39, 0.29) is 22.6 Å². The highest BCUT2D eigenvalue weighted by molar-refractivity contribution is 5.93. The summed E-state index contributed by atoms with van der Waals surface area (Å²) in [6.07, 6.45) is 0.0877. The maximum absolute atomic E-state index is 12.3. The van der Waals surface area contributed by atoms with Crippen LogP contribution in [0.5, 0.6) is 5.75 Å². The average molecular weight is 342 g/mol. The zero-order chi connectivity index (χ0) is 18.6. The number of benzene rings is 1. The number of aromatic amines is 1. The van der Waals surface area contributed by atoms with Crippen LogP contribution in [0.25, 0.3) is 0 Å². The number of hydrogen-bond donors (Lipinski definition) is 2. The van der Waals surface area contributed by atoms with Crippen molar-refractivity contribution in [3.8, 4) is 5.75 Å². The molecule has 0 fully saturated rings. The van der Waals surface area contributed by atoms with Gasteiger partial charge in [0.15, 0.2) is 0 Å². The van der Waals surface area contributed by atoms with Crippen LogP contribution in [-0.4, -0.2) is 17.0 Å². The first-order valence-corrected chi connectivity index (χ1v) is 8.44. The molecule has 25 heavy (non-hydrogen) atoms. The molecular formula is C20H26N2O3. The first-order valence-electron chi connectivity index (χ1n) is 8.44. The first-order chi connectivity index (χ1) is 11.7. The molecule has 1 aromatic carbocycles. The molecule has 2 N–H and O–H groups in total. The standard InChI is InChI=1S/C20H26N2O3/c1-13(2)25-15-8-6-7-14(11-15)12-21-18(23)16-9-10-17(20(3,4)5)22-19(16)24/h6-11,13H,12H2,1-5H3,(H,21,23)(H,22,24). The molecule has 2 aromatic rings. The molecule has 5 heteroatoms. The number of ether oxygens (including phenoxy) is 1. The van der Waals surface area contributed by atoms with Gasteiger partial charge in [-0.2, -0.15) is 0 Å². The fourth-order valence-electron chi connectivity index (χ4n) is 2.37. The second-order valence-corrected chi connectivity index (χ2v) is 7.36. The van der Waals surface area contributed by atoms with E-state index < -0.39 is 5.91 Å². The fraction of sp³-hybridized carbons (Fsp3) is 0.400. The molecule has 1 amide bonds. The predicted octanol–water partition coefficient (Wildman–Crippen LogP) is 3.39. The van der Waals surface area contributed by atoms with Gasteiger partial charge in [-0.25, -0.2) is 0 Å². The summed E-state index contributed by atoms with van der Waals surface area (Å²) in [6.45, 7) is 10.3. The third-order valence-corrected chi connectivity index (χ3v) is 3.69. The molecule has 2 rings (SSSR count). The molecule has 0 spiro atoms. The van der Waals surface area contributed by atoms with Gasteiger partial charge < -0.3 is 15.0 Å². The topological polar surface area (TPSA) is 71.2 Å². The minimum Gasteiger partial charge on any atom is -0.491 e. The van der Waals surface area contributed by atoms with E-state index >= 15 is 0 Å². The molecule has 0 saturated carbocycles. The van der Waals surface area contributed by atoms with Crippen LogP contribution < -0.4 is 15.6 Å². The van der Waals surface area contributed by atoms with Crippen molar-refractivity contribution >= 4 is 5.91 Å². The SMILES string of the molecule is CC(C)Oc1cccc(CNC(=O)c2ccc(C(C)(C)C)[nH]c2=O)c1. The van der Waals surface area contributed by atoms with Crippen LogP contribution in [0.15, 0.2) is 41.2 Å². The van der Waals surface area contributed by atoms with Crippen molar-refractivity contribution in [3.63, 3.8) is 0 Å². The summed E-state index contributed by atoms with van der Waals surface area (Å²) in [6, 6.07) is 10.9. The Morgan fingerprint density at radius 3 is 2.52 bits per heavy atom. The van der Waals surface area contributed by atoms with Gasteiger partial charge in [-0.05, 0) is 43.7 Å². The highest BCUT2D eigenvalue weighted by Crippen LogP contribution is 2.18. The van der Waals surface area contributed by atoms with Crippen molar-refractivity contribution < 1.29 is 9.53 Å². The van der Waals surface area contributed by atoms with Gasteiger partial charge in [0, 0.05) is 17.7 Å². The molecule has 1 heterocycles. The summed E-state index contributed by atoms with van der Waals surface area (Å²) in [5.74, 6) is 0.367. The lowest BCUT2D eigenvalue weighted by Crippen LogP contribution is -2.30. The number of nitrogens with one attached hydrogen (secondary N) is 2. The lowest BCUT2D eigenvalue weighted by Gasteiger charge is -2.18. The monoisotopic (exact) mass is 342 g/mol. The second kappa shape index (κ2) is 7.55. The number of carbonyl (C=O) groups is 1. The Balaban J connectivity index is 2.07. The Hall–Kier alpha value is -2.56. The van der Waals surface area contributed by atoms with E-state index in [0.717, 1.165) is 17.0 Å². The van der Waals surface area contributed by atoms with Crippen LogP contribution >= 0.6 is 0 Å². The molecule has 0 unspecified atom stereocenters. The number of amides is 1. The summed E-state index contributed by atoms with van der Waals surface area (Å²) in [5.41, 5.74) is 1.27. The Bertz CT molecular complexity index is 801. The smallest absolute Gasteiger partial charge is 0.261 e. The van der Waals surface area contributed by atoms with E-state index in [2.05, 4.69) is 10.3 Å². The quantitative estimate of drug-likeness (QED) is 0.875. The molecule has 134 valence electrons. The third kappa shape index (κ3) is 5.21. The van der Waals surface area contributed by atoms with Gasteiger partial charge in [0.1, 0.15) is 11.3 Å². The molecule has 0 aliphatic carbocycles.